The summed E-state index contributed by atoms with van der Waals surface area (Å²) in [5.41, 5.74) is 3.04. The van der Waals surface area contributed by atoms with Gasteiger partial charge in [-0.05, 0) is 49.3 Å². The van der Waals surface area contributed by atoms with Crippen LogP contribution >= 0.6 is 0 Å². The molecule has 1 N–H and O–H groups in total. The molecule has 1 heteroatoms. The van der Waals surface area contributed by atoms with Crippen LogP contribution in [-0.4, -0.2) is 12.6 Å². The van der Waals surface area contributed by atoms with Gasteiger partial charge in [0.1, 0.15) is 0 Å². The molecule has 0 amide bonds. The molecule has 1 aromatic carbocycles. The van der Waals surface area contributed by atoms with Gasteiger partial charge < -0.3 is 5.32 Å². The summed E-state index contributed by atoms with van der Waals surface area (Å²) in [6, 6.07) is 9.64. The number of hydrogen-bond donors (Lipinski definition) is 1. The van der Waals surface area contributed by atoms with Gasteiger partial charge in [-0.3, -0.25) is 0 Å². The molecule has 94 valence electrons. The maximum Gasteiger partial charge on any atom is 0.0107 e. The van der Waals surface area contributed by atoms with Gasteiger partial charge in [0.25, 0.3) is 0 Å². The van der Waals surface area contributed by atoms with E-state index in [0.717, 1.165) is 17.9 Å². The Kier molecular flexibility index (Phi) is 4.22. The number of hydrogen-bond acceptors (Lipinski definition) is 1. The van der Waals surface area contributed by atoms with Gasteiger partial charge in [-0.15, -0.1) is 0 Å². The van der Waals surface area contributed by atoms with Crippen molar-refractivity contribution in [1.82, 2.24) is 5.32 Å². The maximum absolute atomic E-state index is 3.69. The van der Waals surface area contributed by atoms with Crippen LogP contribution in [0.15, 0.2) is 24.3 Å². The summed E-state index contributed by atoms with van der Waals surface area (Å²) in [6.07, 6.45) is 3.85. The maximum atomic E-state index is 3.69. The van der Waals surface area contributed by atoms with Crippen molar-refractivity contribution in [3.63, 3.8) is 0 Å². The molecule has 0 aromatic heterocycles. The highest BCUT2D eigenvalue weighted by atomic mass is 14.9. The molecule has 1 saturated carbocycles. The topological polar surface area (TPSA) is 12.0 Å². The standard InChI is InChI=1S/C16H25N/c1-4-10-17-16-11-15(13(16)5-2)14-9-7-6-8-12(14)3/h6-9,13,15-17H,4-5,10-11H2,1-3H3. The molecule has 3 unspecified atom stereocenters. The molecule has 0 spiro atoms. The second-order valence-electron chi connectivity index (χ2n) is 5.33. The lowest BCUT2D eigenvalue weighted by Gasteiger charge is -2.46. The Morgan fingerprint density at radius 2 is 2.00 bits per heavy atom. The summed E-state index contributed by atoms with van der Waals surface area (Å²) in [5, 5.41) is 3.69. The monoisotopic (exact) mass is 231 g/mol. The minimum Gasteiger partial charge on any atom is -0.314 e. The molecule has 1 aliphatic carbocycles. The van der Waals surface area contributed by atoms with Gasteiger partial charge in [0.15, 0.2) is 0 Å². The first-order valence-corrected chi connectivity index (χ1v) is 7.06. The summed E-state index contributed by atoms with van der Waals surface area (Å²) in [6.45, 7) is 7.98. The van der Waals surface area contributed by atoms with E-state index in [1.165, 1.54) is 31.4 Å². The van der Waals surface area contributed by atoms with E-state index in [2.05, 4.69) is 50.4 Å². The van der Waals surface area contributed by atoms with Crippen molar-refractivity contribution in [2.45, 2.75) is 52.0 Å². The third kappa shape index (κ3) is 2.55. The first kappa shape index (κ1) is 12.6. The van der Waals surface area contributed by atoms with E-state index in [0.29, 0.717) is 0 Å². The molecule has 1 aromatic rings. The number of benzene rings is 1. The van der Waals surface area contributed by atoms with Crippen LogP contribution in [0.2, 0.25) is 0 Å². The molecular weight excluding hydrogens is 206 g/mol. The number of aryl methyl sites for hydroxylation is 1. The molecule has 1 aliphatic rings. The van der Waals surface area contributed by atoms with Gasteiger partial charge in [-0.2, -0.15) is 0 Å². The average molecular weight is 231 g/mol. The molecular formula is C16H25N. The first-order valence-electron chi connectivity index (χ1n) is 7.06. The summed E-state index contributed by atoms with van der Waals surface area (Å²) in [5.74, 6) is 1.62. The predicted molar refractivity (Wildman–Crippen MR) is 74.4 cm³/mol. The van der Waals surface area contributed by atoms with E-state index in [1.807, 2.05) is 0 Å². The Morgan fingerprint density at radius 1 is 1.24 bits per heavy atom. The van der Waals surface area contributed by atoms with Crippen molar-refractivity contribution in [3.05, 3.63) is 35.4 Å². The highest BCUT2D eigenvalue weighted by Crippen LogP contribution is 2.45. The van der Waals surface area contributed by atoms with Crippen LogP contribution in [0.25, 0.3) is 0 Å². The molecule has 3 atom stereocenters. The SMILES string of the molecule is CCCNC1CC(c2ccccc2C)C1CC. The Hall–Kier alpha value is -0.820. The van der Waals surface area contributed by atoms with Crippen LogP contribution in [-0.2, 0) is 0 Å². The van der Waals surface area contributed by atoms with Crippen molar-refractivity contribution >= 4 is 0 Å². The highest BCUT2D eigenvalue weighted by molar-refractivity contribution is 5.32. The minimum atomic E-state index is 0.754. The van der Waals surface area contributed by atoms with Crippen LogP contribution in [0, 0.1) is 12.8 Å². The Labute approximate surface area is 106 Å². The molecule has 1 fully saturated rings. The zero-order valence-electron chi connectivity index (χ0n) is 11.4. The number of rotatable bonds is 5. The van der Waals surface area contributed by atoms with Crippen LogP contribution in [0.3, 0.4) is 0 Å². The fourth-order valence-corrected chi connectivity index (χ4v) is 3.20. The third-order valence-electron chi connectivity index (χ3n) is 4.26. The highest BCUT2D eigenvalue weighted by Gasteiger charge is 2.40. The van der Waals surface area contributed by atoms with Crippen LogP contribution in [0.5, 0.6) is 0 Å². The third-order valence-corrected chi connectivity index (χ3v) is 4.26. The molecule has 2 rings (SSSR count). The molecule has 1 nitrogen and oxygen atoms in total. The van der Waals surface area contributed by atoms with Gasteiger partial charge in [0.05, 0.1) is 0 Å². The fourth-order valence-electron chi connectivity index (χ4n) is 3.20. The van der Waals surface area contributed by atoms with E-state index in [9.17, 15) is 0 Å². The summed E-state index contributed by atoms with van der Waals surface area (Å²) < 4.78 is 0. The van der Waals surface area contributed by atoms with Gasteiger partial charge in [0, 0.05) is 6.04 Å². The Morgan fingerprint density at radius 3 is 2.65 bits per heavy atom. The zero-order valence-corrected chi connectivity index (χ0v) is 11.4. The second kappa shape index (κ2) is 5.68. The molecule has 17 heavy (non-hydrogen) atoms. The van der Waals surface area contributed by atoms with Crippen LogP contribution in [0.1, 0.15) is 50.2 Å². The lowest BCUT2D eigenvalue weighted by Crippen LogP contribution is -2.49. The van der Waals surface area contributed by atoms with Crippen LogP contribution < -0.4 is 5.32 Å². The van der Waals surface area contributed by atoms with Crippen molar-refractivity contribution in [2.24, 2.45) is 5.92 Å². The molecule has 0 bridgehead atoms. The zero-order chi connectivity index (χ0) is 12.3. The summed E-state index contributed by atoms with van der Waals surface area (Å²) >= 11 is 0. The van der Waals surface area contributed by atoms with E-state index in [-0.39, 0.29) is 0 Å². The van der Waals surface area contributed by atoms with E-state index < -0.39 is 0 Å². The number of nitrogens with one attached hydrogen (secondary N) is 1. The normalized spacial score (nSPS) is 27.8. The van der Waals surface area contributed by atoms with E-state index >= 15 is 0 Å². The summed E-state index contributed by atoms with van der Waals surface area (Å²) in [4.78, 5) is 0. The van der Waals surface area contributed by atoms with Crippen molar-refractivity contribution < 1.29 is 0 Å². The van der Waals surface area contributed by atoms with Crippen molar-refractivity contribution in [1.29, 1.82) is 0 Å². The predicted octanol–water partition coefficient (Wildman–Crippen LogP) is 3.88. The lowest BCUT2D eigenvalue weighted by molar-refractivity contribution is 0.160. The first-order chi connectivity index (χ1) is 8.27. The van der Waals surface area contributed by atoms with Gasteiger partial charge in [0.2, 0.25) is 0 Å². The average Bonchev–Trinajstić information content (AvgIpc) is 2.30. The van der Waals surface area contributed by atoms with Gasteiger partial charge in [-0.1, -0.05) is 44.5 Å². The van der Waals surface area contributed by atoms with Crippen LogP contribution in [0.4, 0.5) is 0 Å². The van der Waals surface area contributed by atoms with Gasteiger partial charge in [-0.25, -0.2) is 0 Å². The largest absolute Gasteiger partial charge is 0.314 e. The second-order valence-corrected chi connectivity index (χ2v) is 5.33. The van der Waals surface area contributed by atoms with E-state index in [4.69, 9.17) is 0 Å². The lowest BCUT2D eigenvalue weighted by atomic mass is 9.64. The van der Waals surface area contributed by atoms with E-state index in [1.54, 1.807) is 5.56 Å². The quantitative estimate of drug-likeness (QED) is 0.811. The minimum absolute atomic E-state index is 0.754. The Bertz CT molecular complexity index is 358. The molecule has 0 radical (unpaired) electrons. The fraction of sp³-hybridized carbons (Fsp3) is 0.625. The molecule has 0 aliphatic heterocycles. The molecule has 0 saturated heterocycles. The summed E-state index contributed by atoms with van der Waals surface area (Å²) in [7, 11) is 0. The van der Waals surface area contributed by atoms with Gasteiger partial charge >= 0.3 is 0 Å². The smallest absolute Gasteiger partial charge is 0.0107 e. The Balaban J connectivity index is 2.03. The van der Waals surface area contributed by atoms with Crippen molar-refractivity contribution in [3.8, 4) is 0 Å². The molecule has 0 heterocycles. The van der Waals surface area contributed by atoms with Crippen molar-refractivity contribution in [2.75, 3.05) is 6.54 Å².